The van der Waals surface area contributed by atoms with Crippen molar-refractivity contribution in [3.63, 3.8) is 0 Å². The molecule has 9 nitrogen and oxygen atoms in total. The average Bonchev–Trinajstić information content (AvgIpc) is 3.39. The molecule has 0 radical (unpaired) electrons. The molecule has 1 saturated heterocycles. The highest BCUT2D eigenvalue weighted by molar-refractivity contribution is 6.39. The minimum Gasteiger partial charge on any atom is -0.457 e. The molecule has 1 aliphatic heterocycles. The van der Waals surface area contributed by atoms with Crippen LogP contribution in [0.3, 0.4) is 0 Å². The molecule has 8 rings (SSSR count). The number of hydrogen-bond donors (Lipinski definition) is 1. The van der Waals surface area contributed by atoms with Crippen LogP contribution in [0.4, 0.5) is 16.2 Å². The number of nitro benzene ring substituents is 1. The van der Waals surface area contributed by atoms with E-state index in [1.165, 1.54) is 62.3 Å². The minimum atomic E-state index is -0.800. The lowest BCUT2D eigenvalue weighted by molar-refractivity contribution is -0.384. The molecule has 3 aromatic rings. The Morgan fingerprint density at radius 1 is 0.951 bits per heavy atom. The number of nitrogens with zero attached hydrogens (tertiary/aromatic N) is 2. The number of non-ortho nitro benzene ring substituents is 1. The van der Waals surface area contributed by atoms with Crippen LogP contribution in [0.2, 0.25) is 0 Å². The van der Waals surface area contributed by atoms with E-state index in [1.54, 1.807) is 37.3 Å². The van der Waals surface area contributed by atoms with E-state index < -0.39 is 22.8 Å². The molecule has 5 fully saturated rings. The molecule has 1 N–H and O–H groups in total. The Kier molecular flexibility index (Phi) is 5.74. The highest BCUT2D eigenvalue weighted by Gasteiger charge is 2.51. The summed E-state index contributed by atoms with van der Waals surface area (Å²) in [7, 11) is 0. The van der Waals surface area contributed by atoms with Gasteiger partial charge in [0.25, 0.3) is 17.5 Å². The molecule has 4 bridgehead atoms. The monoisotopic (exact) mass is 551 g/mol. The zero-order chi connectivity index (χ0) is 28.5. The number of barbiturate groups is 1. The molecule has 1 aromatic heterocycles. The van der Waals surface area contributed by atoms with Gasteiger partial charge in [-0.1, -0.05) is 12.1 Å². The van der Waals surface area contributed by atoms with Crippen molar-refractivity contribution in [3.05, 3.63) is 87.2 Å². The number of nitrogens with one attached hydrogen (secondary N) is 1. The van der Waals surface area contributed by atoms with E-state index in [0.29, 0.717) is 22.6 Å². The summed E-state index contributed by atoms with van der Waals surface area (Å²) in [6.45, 7) is 1.74. The van der Waals surface area contributed by atoms with Crippen LogP contribution in [0.25, 0.3) is 17.4 Å². The molecule has 208 valence electrons. The van der Waals surface area contributed by atoms with Crippen LogP contribution in [-0.2, 0) is 15.0 Å². The van der Waals surface area contributed by atoms with Gasteiger partial charge in [0, 0.05) is 17.7 Å². The lowest BCUT2D eigenvalue weighted by atomic mass is 9.48. The van der Waals surface area contributed by atoms with Crippen LogP contribution in [0, 0.1) is 34.8 Å². The van der Waals surface area contributed by atoms with E-state index in [9.17, 15) is 24.5 Å². The van der Waals surface area contributed by atoms with Gasteiger partial charge in [-0.15, -0.1) is 0 Å². The molecule has 0 unspecified atom stereocenters. The van der Waals surface area contributed by atoms with Gasteiger partial charge in [0.1, 0.15) is 17.1 Å². The fourth-order valence-corrected chi connectivity index (χ4v) is 8.08. The molecular weight excluding hydrogens is 522 g/mol. The van der Waals surface area contributed by atoms with Crippen molar-refractivity contribution in [1.82, 2.24) is 5.32 Å². The van der Waals surface area contributed by atoms with Crippen molar-refractivity contribution in [2.24, 2.45) is 17.8 Å². The Morgan fingerprint density at radius 2 is 1.61 bits per heavy atom. The topological polar surface area (TPSA) is 123 Å². The molecule has 4 amide bonds. The summed E-state index contributed by atoms with van der Waals surface area (Å²) >= 11 is 0. The number of carbonyl (C=O) groups excluding carboxylic acids is 3. The normalized spacial score (nSPS) is 27.9. The van der Waals surface area contributed by atoms with E-state index >= 15 is 0 Å². The Balaban J connectivity index is 1.14. The number of rotatable bonds is 5. The standard InChI is InChI=1S/C32H29N3O6/c1-18-10-24(35(39)40)6-8-26(18)28-9-7-25(41-28)14-27-29(36)33-31(38)34(30(27)37)23-4-2-22(3-5-23)32-15-19-11-20(16-32)13-21(12-19)17-32/h2-10,14,19-21H,11-13,15-17H2,1H3,(H,33,36,38)/b27-14-. The van der Waals surface area contributed by atoms with E-state index in [1.807, 2.05) is 12.1 Å². The third-order valence-electron chi connectivity index (χ3n) is 9.48. The van der Waals surface area contributed by atoms with Gasteiger partial charge < -0.3 is 4.42 Å². The molecule has 0 atom stereocenters. The summed E-state index contributed by atoms with van der Waals surface area (Å²) < 4.78 is 5.87. The van der Waals surface area contributed by atoms with Crippen molar-refractivity contribution >= 4 is 35.3 Å². The highest BCUT2D eigenvalue weighted by Crippen LogP contribution is 2.60. The maximum absolute atomic E-state index is 13.5. The number of carbonyl (C=O) groups is 3. The van der Waals surface area contributed by atoms with Crippen molar-refractivity contribution in [3.8, 4) is 11.3 Å². The van der Waals surface area contributed by atoms with Gasteiger partial charge in [0.2, 0.25) is 0 Å². The second kappa shape index (κ2) is 9.26. The lowest BCUT2D eigenvalue weighted by Gasteiger charge is -2.57. The number of imide groups is 2. The zero-order valence-electron chi connectivity index (χ0n) is 22.6. The SMILES string of the molecule is Cc1cc([N+](=O)[O-])ccc1-c1ccc(/C=C2/C(=O)NC(=O)N(c3ccc(C45CC6CC(CC(C6)C4)C5)cc3)C2=O)o1. The van der Waals surface area contributed by atoms with Gasteiger partial charge in [-0.2, -0.15) is 0 Å². The van der Waals surface area contributed by atoms with Crippen LogP contribution in [0.1, 0.15) is 55.4 Å². The first kappa shape index (κ1) is 25.4. The first-order chi connectivity index (χ1) is 19.7. The van der Waals surface area contributed by atoms with E-state index in [2.05, 4.69) is 5.32 Å². The number of nitro groups is 1. The lowest BCUT2D eigenvalue weighted by Crippen LogP contribution is -2.54. The predicted octanol–water partition coefficient (Wildman–Crippen LogP) is 6.30. The van der Waals surface area contributed by atoms with Gasteiger partial charge in [0.15, 0.2) is 0 Å². The number of urea groups is 1. The van der Waals surface area contributed by atoms with Crippen molar-refractivity contribution in [2.45, 2.75) is 50.9 Å². The second-order valence-corrected chi connectivity index (χ2v) is 12.2. The molecule has 2 heterocycles. The van der Waals surface area contributed by atoms with Crippen LogP contribution in [0.5, 0.6) is 0 Å². The number of furan rings is 1. The molecule has 4 aliphatic carbocycles. The quantitative estimate of drug-likeness (QED) is 0.172. The summed E-state index contributed by atoms with van der Waals surface area (Å²) in [5.41, 5.74) is 2.92. The summed E-state index contributed by atoms with van der Waals surface area (Å²) in [5, 5.41) is 13.3. The van der Waals surface area contributed by atoms with Crippen molar-refractivity contribution in [1.29, 1.82) is 0 Å². The Labute approximate surface area is 236 Å². The van der Waals surface area contributed by atoms with Gasteiger partial charge in [-0.25, -0.2) is 9.69 Å². The first-order valence-electron chi connectivity index (χ1n) is 14.1. The molecule has 2 aromatic carbocycles. The maximum atomic E-state index is 13.5. The van der Waals surface area contributed by atoms with E-state index in [-0.39, 0.29) is 22.4 Å². The Morgan fingerprint density at radius 3 is 2.22 bits per heavy atom. The van der Waals surface area contributed by atoms with Crippen LogP contribution in [0.15, 0.2) is 64.6 Å². The maximum Gasteiger partial charge on any atom is 0.335 e. The fourth-order valence-electron chi connectivity index (χ4n) is 8.08. The molecule has 5 aliphatic rings. The molecule has 0 spiro atoms. The third kappa shape index (κ3) is 4.27. The first-order valence-corrected chi connectivity index (χ1v) is 14.1. The third-order valence-corrected chi connectivity index (χ3v) is 9.48. The van der Waals surface area contributed by atoms with Crippen LogP contribution >= 0.6 is 0 Å². The fraction of sp³-hybridized carbons (Fsp3) is 0.344. The number of hydrogen-bond acceptors (Lipinski definition) is 6. The summed E-state index contributed by atoms with van der Waals surface area (Å²) in [5.74, 6) is 1.56. The smallest absolute Gasteiger partial charge is 0.335 e. The van der Waals surface area contributed by atoms with Gasteiger partial charge in [-0.05, 0) is 116 Å². The molecular formula is C32H29N3O6. The number of benzene rings is 2. The summed E-state index contributed by atoms with van der Waals surface area (Å²) in [6.07, 6.45) is 9.02. The number of aryl methyl sites for hydroxylation is 1. The van der Waals surface area contributed by atoms with E-state index in [0.717, 1.165) is 22.7 Å². The highest BCUT2D eigenvalue weighted by atomic mass is 16.6. The van der Waals surface area contributed by atoms with Crippen molar-refractivity contribution in [2.75, 3.05) is 4.90 Å². The Bertz CT molecular complexity index is 1610. The second-order valence-electron chi connectivity index (χ2n) is 12.2. The largest absolute Gasteiger partial charge is 0.457 e. The minimum absolute atomic E-state index is 0.0275. The summed E-state index contributed by atoms with van der Waals surface area (Å²) in [4.78, 5) is 50.5. The average molecular weight is 552 g/mol. The van der Waals surface area contributed by atoms with Gasteiger partial charge >= 0.3 is 6.03 Å². The molecule has 41 heavy (non-hydrogen) atoms. The van der Waals surface area contributed by atoms with E-state index in [4.69, 9.17) is 4.42 Å². The van der Waals surface area contributed by atoms with Gasteiger partial charge in [-0.3, -0.25) is 25.0 Å². The zero-order valence-corrected chi connectivity index (χ0v) is 22.6. The molecule has 4 saturated carbocycles. The number of amides is 4. The predicted molar refractivity (Wildman–Crippen MR) is 151 cm³/mol. The van der Waals surface area contributed by atoms with Crippen LogP contribution < -0.4 is 10.2 Å². The number of anilines is 1. The van der Waals surface area contributed by atoms with Crippen molar-refractivity contribution < 1.29 is 23.7 Å². The molecule has 9 heteroatoms. The Hall–Kier alpha value is -4.53. The van der Waals surface area contributed by atoms with Crippen LogP contribution in [-0.4, -0.2) is 22.8 Å². The van der Waals surface area contributed by atoms with Gasteiger partial charge in [0.05, 0.1) is 10.6 Å². The summed E-state index contributed by atoms with van der Waals surface area (Å²) in [6, 6.07) is 14.6.